The second-order valence-electron chi connectivity index (χ2n) is 9.28. The van der Waals surface area contributed by atoms with Gasteiger partial charge in [-0.2, -0.15) is 0 Å². The van der Waals surface area contributed by atoms with E-state index in [9.17, 15) is 14.0 Å². The Balaban J connectivity index is 1.45. The molecule has 3 aromatic carbocycles. The molecule has 0 aromatic heterocycles. The molecular weight excluding hydrogens is 445 g/mol. The Morgan fingerprint density at radius 3 is 2.09 bits per heavy atom. The standard InChI is InChI=1S/C28H28FN3O3/c1-19-3-9-22(10-4-19)28(23-11-5-20(2)6-12-23)25-18-31(15-16-32(25)27(34)35-28)26(33)30-17-21-7-13-24(29)14-8-21/h3-14,25H,15-18H2,1-2H3,(H,30,33). The Morgan fingerprint density at radius 2 is 1.51 bits per heavy atom. The van der Waals surface area contributed by atoms with Gasteiger partial charge < -0.3 is 15.0 Å². The lowest BCUT2D eigenvalue weighted by Crippen LogP contribution is -2.59. The summed E-state index contributed by atoms with van der Waals surface area (Å²) in [5.41, 5.74) is 3.75. The number of carbonyl (C=O) groups is 2. The van der Waals surface area contributed by atoms with Crippen molar-refractivity contribution in [1.29, 1.82) is 0 Å². The van der Waals surface area contributed by atoms with Crippen LogP contribution in [0, 0.1) is 19.7 Å². The van der Waals surface area contributed by atoms with E-state index >= 15 is 0 Å². The minimum Gasteiger partial charge on any atom is -0.431 e. The van der Waals surface area contributed by atoms with Crippen molar-refractivity contribution in [2.75, 3.05) is 19.6 Å². The number of piperazine rings is 1. The Kier molecular flexibility index (Phi) is 5.93. The molecule has 0 saturated carbocycles. The van der Waals surface area contributed by atoms with Gasteiger partial charge in [0.2, 0.25) is 0 Å². The highest BCUT2D eigenvalue weighted by molar-refractivity contribution is 5.77. The summed E-state index contributed by atoms with van der Waals surface area (Å²) in [6, 6.07) is 21.5. The first-order valence-electron chi connectivity index (χ1n) is 11.8. The minimum absolute atomic E-state index is 0.227. The topological polar surface area (TPSA) is 61.9 Å². The van der Waals surface area contributed by atoms with E-state index in [1.54, 1.807) is 21.9 Å². The lowest BCUT2D eigenvalue weighted by molar-refractivity contribution is 0.0511. The van der Waals surface area contributed by atoms with Gasteiger partial charge in [-0.15, -0.1) is 0 Å². The summed E-state index contributed by atoms with van der Waals surface area (Å²) >= 11 is 0. The van der Waals surface area contributed by atoms with Crippen LogP contribution in [0.2, 0.25) is 0 Å². The van der Waals surface area contributed by atoms with Gasteiger partial charge in [0.1, 0.15) is 11.9 Å². The van der Waals surface area contributed by atoms with Crippen molar-refractivity contribution in [1.82, 2.24) is 15.1 Å². The third kappa shape index (κ3) is 4.22. The molecule has 6 nitrogen and oxygen atoms in total. The van der Waals surface area contributed by atoms with Gasteiger partial charge >= 0.3 is 12.1 Å². The number of rotatable bonds is 4. The summed E-state index contributed by atoms with van der Waals surface area (Å²) in [6.07, 6.45) is -0.373. The highest BCUT2D eigenvalue weighted by atomic mass is 19.1. The fraction of sp³-hybridized carbons (Fsp3) is 0.286. The van der Waals surface area contributed by atoms with Crippen molar-refractivity contribution in [3.63, 3.8) is 0 Å². The molecule has 2 heterocycles. The largest absolute Gasteiger partial charge is 0.431 e. The first-order valence-corrected chi connectivity index (χ1v) is 11.8. The number of hydrogen-bond acceptors (Lipinski definition) is 3. The second kappa shape index (κ2) is 9.06. The van der Waals surface area contributed by atoms with Crippen molar-refractivity contribution in [2.45, 2.75) is 32.0 Å². The number of fused-ring (bicyclic) bond motifs is 1. The quantitative estimate of drug-likeness (QED) is 0.596. The Bertz CT molecular complexity index is 1180. The SMILES string of the molecule is Cc1ccc(C2(c3ccc(C)cc3)OC(=O)N3CCN(C(=O)NCc4ccc(F)cc4)CC32)cc1. The highest BCUT2D eigenvalue weighted by Gasteiger charge is 2.58. The monoisotopic (exact) mass is 473 g/mol. The van der Waals surface area contributed by atoms with E-state index in [0.717, 1.165) is 27.8 Å². The molecule has 2 saturated heterocycles. The number of benzene rings is 3. The third-order valence-electron chi connectivity index (χ3n) is 6.94. The van der Waals surface area contributed by atoms with E-state index in [-0.39, 0.29) is 24.0 Å². The van der Waals surface area contributed by atoms with Gasteiger partial charge in [-0.3, -0.25) is 4.90 Å². The van der Waals surface area contributed by atoms with E-state index in [1.807, 2.05) is 62.4 Å². The number of ether oxygens (including phenoxy) is 1. The predicted octanol–water partition coefficient (Wildman–Crippen LogP) is 4.73. The Hall–Kier alpha value is -3.87. The maximum absolute atomic E-state index is 13.2. The van der Waals surface area contributed by atoms with Crippen LogP contribution in [0.3, 0.4) is 0 Å². The number of cyclic esters (lactones) is 1. The number of carbonyl (C=O) groups excluding carboxylic acids is 2. The van der Waals surface area contributed by atoms with Crippen LogP contribution in [0.1, 0.15) is 27.8 Å². The van der Waals surface area contributed by atoms with Crippen LogP contribution >= 0.6 is 0 Å². The summed E-state index contributed by atoms with van der Waals surface area (Å²) in [4.78, 5) is 29.6. The molecule has 2 aliphatic heterocycles. The molecule has 0 radical (unpaired) electrons. The molecule has 1 N–H and O–H groups in total. The maximum Gasteiger partial charge on any atom is 0.411 e. The van der Waals surface area contributed by atoms with Gasteiger partial charge in [-0.1, -0.05) is 71.8 Å². The molecule has 35 heavy (non-hydrogen) atoms. The first kappa shape index (κ1) is 22.9. The molecule has 0 bridgehead atoms. The van der Waals surface area contributed by atoms with Crippen molar-refractivity contribution in [3.8, 4) is 0 Å². The van der Waals surface area contributed by atoms with E-state index in [4.69, 9.17) is 4.74 Å². The van der Waals surface area contributed by atoms with E-state index in [2.05, 4.69) is 5.32 Å². The number of nitrogens with one attached hydrogen (secondary N) is 1. The number of nitrogens with zero attached hydrogens (tertiary/aromatic N) is 2. The second-order valence-corrected chi connectivity index (χ2v) is 9.28. The van der Waals surface area contributed by atoms with Crippen molar-refractivity contribution < 1.29 is 18.7 Å². The van der Waals surface area contributed by atoms with Crippen molar-refractivity contribution >= 4 is 12.1 Å². The van der Waals surface area contributed by atoms with Gasteiger partial charge in [0.05, 0.1) is 0 Å². The number of hydrogen-bond donors (Lipinski definition) is 1. The van der Waals surface area contributed by atoms with Crippen LogP contribution < -0.4 is 5.32 Å². The lowest BCUT2D eigenvalue weighted by Gasteiger charge is -2.42. The van der Waals surface area contributed by atoms with Crippen LogP contribution in [0.25, 0.3) is 0 Å². The average molecular weight is 474 g/mol. The molecular formula is C28H28FN3O3. The molecule has 2 aliphatic rings. The fourth-order valence-electron chi connectivity index (χ4n) is 4.96. The number of halogens is 1. The van der Waals surface area contributed by atoms with E-state index < -0.39 is 5.60 Å². The van der Waals surface area contributed by atoms with Crippen molar-refractivity contribution in [2.24, 2.45) is 0 Å². The first-order chi connectivity index (χ1) is 16.9. The van der Waals surface area contributed by atoms with Crippen molar-refractivity contribution in [3.05, 3.63) is 106 Å². The number of aryl methyl sites for hydroxylation is 2. The summed E-state index contributed by atoms with van der Waals surface area (Å²) in [5, 5.41) is 2.92. The summed E-state index contributed by atoms with van der Waals surface area (Å²) < 4.78 is 19.4. The molecule has 1 atom stereocenters. The van der Waals surface area contributed by atoms with Gasteiger partial charge in [0.15, 0.2) is 5.60 Å². The molecule has 7 heteroatoms. The van der Waals surface area contributed by atoms with Crippen LogP contribution in [0.15, 0.2) is 72.8 Å². The highest BCUT2D eigenvalue weighted by Crippen LogP contribution is 2.46. The van der Waals surface area contributed by atoms with Crippen LogP contribution in [-0.2, 0) is 16.9 Å². The van der Waals surface area contributed by atoms with Gasteiger partial charge in [-0.05, 0) is 31.5 Å². The molecule has 0 aliphatic carbocycles. The average Bonchev–Trinajstić information content (AvgIpc) is 3.17. The zero-order chi connectivity index (χ0) is 24.6. The normalized spacial score (nSPS) is 18.7. The summed E-state index contributed by atoms with van der Waals surface area (Å²) in [7, 11) is 0. The van der Waals surface area contributed by atoms with Crippen LogP contribution in [-0.4, -0.2) is 47.6 Å². The molecule has 5 rings (SSSR count). The summed E-state index contributed by atoms with van der Waals surface area (Å²) in [6.45, 7) is 5.43. The minimum atomic E-state index is -1.03. The van der Waals surface area contributed by atoms with Gasteiger partial charge in [0.25, 0.3) is 0 Å². The molecule has 3 amide bonds. The van der Waals surface area contributed by atoms with E-state index in [0.29, 0.717) is 26.2 Å². The predicted molar refractivity (Wildman–Crippen MR) is 130 cm³/mol. The van der Waals surface area contributed by atoms with E-state index in [1.165, 1.54) is 12.1 Å². The zero-order valence-electron chi connectivity index (χ0n) is 19.8. The molecule has 1 unspecified atom stereocenters. The molecule has 3 aromatic rings. The number of urea groups is 1. The Labute approximate surface area is 204 Å². The molecule has 2 fully saturated rings. The molecule has 180 valence electrons. The third-order valence-corrected chi connectivity index (χ3v) is 6.94. The smallest absolute Gasteiger partial charge is 0.411 e. The number of amides is 3. The summed E-state index contributed by atoms with van der Waals surface area (Å²) in [5.74, 6) is -0.314. The van der Waals surface area contributed by atoms with Crippen LogP contribution in [0.5, 0.6) is 0 Å². The Morgan fingerprint density at radius 1 is 0.943 bits per heavy atom. The molecule has 0 spiro atoms. The maximum atomic E-state index is 13.2. The lowest BCUT2D eigenvalue weighted by atomic mass is 9.78. The van der Waals surface area contributed by atoms with Crippen LogP contribution in [0.4, 0.5) is 14.0 Å². The van der Waals surface area contributed by atoms with Gasteiger partial charge in [0, 0.05) is 37.3 Å². The fourth-order valence-corrected chi connectivity index (χ4v) is 4.96. The van der Waals surface area contributed by atoms with Gasteiger partial charge in [-0.25, -0.2) is 14.0 Å². The zero-order valence-corrected chi connectivity index (χ0v) is 19.8.